The predicted molar refractivity (Wildman–Crippen MR) is 72.9 cm³/mol. The Bertz CT molecular complexity index is 474. The Kier molecular flexibility index (Phi) is 4.74. The molecular formula is C15H19NO4. The second-order valence-electron chi connectivity index (χ2n) is 5.20. The van der Waals surface area contributed by atoms with Gasteiger partial charge in [-0.05, 0) is 24.8 Å². The van der Waals surface area contributed by atoms with Crippen LogP contribution in [0, 0.1) is 11.8 Å². The molecule has 0 heterocycles. The molecule has 3 N–H and O–H groups in total. The van der Waals surface area contributed by atoms with Gasteiger partial charge in [0.1, 0.15) is 0 Å². The van der Waals surface area contributed by atoms with E-state index < -0.39 is 17.9 Å². The summed E-state index contributed by atoms with van der Waals surface area (Å²) in [5.74, 6) is -1.69. The number of rotatable bonds is 5. The molecule has 0 unspecified atom stereocenters. The van der Waals surface area contributed by atoms with Gasteiger partial charge >= 0.3 is 5.97 Å². The predicted octanol–water partition coefficient (Wildman–Crippen LogP) is 1.34. The molecule has 3 atom stereocenters. The first-order valence-electron chi connectivity index (χ1n) is 6.80. The van der Waals surface area contributed by atoms with Crippen molar-refractivity contribution in [3.63, 3.8) is 0 Å². The van der Waals surface area contributed by atoms with Gasteiger partial charge in [0.05, 0.1) is 18.6 Å². The molecule has 0 bridgehead atoms. The van der Waals surface area contributed by atoms with Crippen LogP contribution in [0.1, 0.15) is 30.9 Å². The van der Waals surface area contributed by atoms with E-state index in [2.05, 4.69) is 5.32 Å². The van der Waals surface area contributed by atoms with Crippen LogP contribution in [0.3, 0.4) is 0 Å². The van der Waals surface area contributed by atoms with E-state index in [0.717, 1.165) is 5.56 Å². The third-order valence-electron chi connectivity index (χ3n) is 3.85. The van der Waals surface area contributed by atoms with Gasteiger partial charge in [-0.3, -0.25) is 9.59 Å². The fourth-order valence-electron chi connectivity index (χ4n) is 2.65. The lowest BCUT2D eigenvalue weighted by Gasteiger charge is -2.19. The van der Waals surface area contributed by atoms with E-state index in [9.17, 15) is 14.7 Å². The quantitative estimate of drug-likeness (QED) is 0.758. The summed E-state index contributed by atoms with van der Waals surface area (Å²) in [6, 6.07) is 8.81. The number of benzene rings is 1. The molecule has 1 saturated carbocycles. The highest BCUT2D eigenvalue weighted by Gasteiger charge is 2.34. The molecular weight excluding hydrogens is 258 g/mol. The Morgan fingerprint density at radius 1 is 1.20 bits per heavy atom. The van der Waals surface area contributed by atoms with Crippen molar-refractivity contribution in [2.45, 2.75) is 25.3 Å². The van der Waals surface area contributed by atoms with Gasteiger partial charge in [-0.2, -0.15) is 0 Å². The average molecular weight is 277 g/mol. The minimum absolute atomic E-state index is 0.170. The minimum Gasteiger partial charge on any atom is -0.481 e. The molecule has 1 aromatic carbocycles. The minimum atomic E-state index is -0.831. The van der Waals surface area contributed by atoms with E-state index >= 15 is 0 Å². The van der Waals surface area contributed by atoms with Gasteiger partial charge in [0, 0.05) is 5.92 Å². The van der Waals surface area contributed by atoms with E-state index in [0.29, 0.717) is 19.3 Å². The van der Waals surface area contributed by atoms with Gasteiger partial charge in [0.15, 0.2) is 0 Å². The van der Waals surface area contributed by atoms with Crippen molar-refractivity contribution in [1.82, 2.24) is 5.32 Å². The Balaban J connectivity index is 1.95. The van der Waals surface area contributed by atoms with Crippen LogP contribution in [-0.4, -0.2) is 28.7 Å². The molecule has 1 aliphatic carbocycles. The molecule has 20 heavy (non-hydrogen) atoms. The highest BCUT2D eigenvalue weighted by molar-refractivity contribution is 5.81. The van der Waals surface area contributed by atoms with Gasteiger partial charge < -0.3 is 15.5 Å². The van der Waals surface area contributed by atoms with Crippen LogP contribution in [0.5, 0.6) is 0 Å². The zero-order chi connectivity index (χ0) is 14.5. The van der Waals surface area contributed by atoms with Crippen molar-refractivity contribution < 1.29 is 19.8 Å². The first-order valence-corrected chi connectivity index (χ1v) is 6.80. The lowest BCUT2D eigenvalue weighted by Crippen LogP contribution is -2.35. The number of carboxylic acid groups (broad SMARTS) is 1. The zero-order valence-electron chi connectivity index (χ0n) is 11.2. The van der Waals surface area contributed by atoms with Crippen LogP contribution < -0.4 is 5.32 Å². The van der Waals surface area contributed by atoms with Gasteiger partial charge in [0.2, 0.25) is 5.91 Å². The van der Waals surface area contributed by atoms with Gasteiger partial charge in [-0.1, -0.05) is 30.3 Å². The molecule has 0 spiro atoms. The van der Waals surface area contributed by atoms with Crippen LogP contribution in [0.25, 0.3) is 0 Å². The molecule has 0 aromatic heterocycles. The average Bonchev–Trinajstić information content (AvgIpc) is 2.95. The van der Waals surface area contributed by atoms with Crippen LogP contribution in [0.15, 0.2) is 30.3 Å². The molecule has 2 rings (SSSR count). The maximum Gasteiger partial charge on any atom is 0.306 e. The molecule has 1 amide bonds. The van der Waals surface area contributed by atoms with Gasteiger partial charge in [-0.15, -0.1) is 0 Å². The van der Waals surface area contributed by atoms with Gasteiger partial charge in [-0.25, -0.2) is 0 Å². The second-order valence-corrected chi connectivity index (χ2v) is 5.20. The maximum absolute atomic E-state index is 12.1. The summed E-state index contributed by atoms with van der Waals surface area (Å²) in [4.78, 5) is 23.0. The first kappa shape index (κ1) is 14.5. The Morgan fingerprint density at radius 3 is 2.40 bits per heavy atom. The normalized spacial score (nSPS) is 23.2. The molecule has 1 aromatic rings. The number of carbonyl (C=O) groups excluding carboxylic acids is 1. The smallest absolute Gasteiger partial charge is 0.306 e. The number of aliphatic carboxylic acids is 1. The maximum atomic E-state index is 12.1. The van der Waals surface area contributed by atoms with Crippen LogP contribution in [0.4, 0.5) is 0 Å². The summed E-state index contributed by atoms with van der Waals surface area (Å²) in [5, 5.41) is 21.2. The van der Waals surface area contributed by atoms with E-state index in [1.807, 2.05) is 30.3 Å². The van der Waals surface area contributed by atoms with Crippen molar-refractivity contribution in [1.29, 1.82) is 0 Å². The first-order chi connectivity index (χ1) is 9.61. The third kappa shape index (κ3) is 3.36. The van der Waals surface area contributed by atoms with E-state index in [1.54, 1.807) is 0 Å². The summed E-state index contributed by atoms with van der Waals surface area (Å²) in [7, 11) is 0. The fourth-order valence-corrected chi connectivity index (χ4v) is 2.65. The highest BCUT2D eigenvalue weighted by atomic mass is 16.4. The monoisotopic (exact) mass is 277 g/mol. The number of hydrogen-bond acceptors (Lipinski definition) is 3. The van der Waals surface area contributed by atoms with Crippen molar-refractivity contribution in [3.8, 4) is 0 Å². The summed E-state index contributed by atoms with van der Waals surface area (Å²) in [6.45, 7) is -0.176. The van der Waals surface area contributed by atoms with Crippen LogP contribution in [-0.2, 0) is 9.59 Å². The summed E-state index contributed by atoms with van der Waals surface area (Å²) in [6.07, 6.45) is 1.52. The third-order valence-corrected chi connectivity index (χ3v) is 3.85. The fraction of sp³-hybridized carbons (Fsp3) is 0.467. The molecule has 0 saturated heterocycles. The molecule has 0 aliphatic heterocycles. The second kappa shape index (κ2) is 6.52. The topological polar surface area (TPSA) is 86.6 Å². The van der Waals surface area contributed by atoms with E-state index in [4.69, 9.17) is 5.11 Å². The van der Waals surface area contributed by atoms with E-state index in [-0.39, 0.29) is 18.4 Å². The molecule has 1 aliphatic rings. The largest absolute Gasteiger partial charge is 0.481 e. The molecule has 5 nitrogen and oxygen atoms in total. The van der Waals surface area contributed by atoms with Crippen molar-refractivity contribution in [2.24, 2.45) is 11.8 Å². The summed E-state index contributed by atoms with van der Waals surface area (Å²) >= 11 is 0. The lowest BCUT2D eigenvalue weighted by atomic mass is 10.0. The Labute approximate surface area is 117 Å². The number of aliphatic hydroxyl groups is 1. The number of nitrogens with one attached hydrogen (secondary N) is 1. The van der Waals surface area contributed by atoms with Crippen LogP contribution in [0.2, 0.25) is 0 Å². The Hall–Kier alpha value is -1.88. The molecule has 5 heteroatoms. The number of aliphatic hydroxyl groups excluding tert-OH is 1. The molecule has 108 valence electrons. The highest BCUT2D eigenvalue weighted by Crippen LogP contribution is 2.31. The number of carbonyl (C=O) groups is 2. The van der Waals surface area contributed by atoms with Crippen molar-refractivity contribution >= 4 is 11.9 Å². The summed E-state index contributed by atoms with van der Waals surface area (Å²) in [5.41, 5.74) is 0.844. The Morgan fingerprint density at radius 2 is 1.85 bits per heavy atom. The lowest BCUT2D eigenvalue weighted by molar-refractivity contribution is -0.141. The number of hydrogen-bond donors (Lipinski definition) is 3. The molecule has 1 fully saturated rings. The summed E-state index contributed by atoms with van der Waals surface area (Å²) < 4.78 is 0. The van der Waals surface area contributed by atoms with Crippen molar-refractivity contribution in [2.75, 3.05) is 6.61 Å². The number of carboxylic acids is 1. The van der Waals surface area contributed by atoms with Crippen molar-refractivity contribution in [3.05, 3.63) is 35.9 Å². The van der Waals surface area contributed by atoms with Crippen LogP contribution >= 0.6 is 0 Å². The standard InChI is InChI=1S/C15H19NO4/c17-9-13(10-4-2-1-3-5-10)16-14(18)11-6-7-12(8-11)15(19)20/h1-5,11-13,17H,6-9H2,(H,16,18)(H,19,20)/t11-,12+,13-/m1/s1. The number of amides is 1. The zero-order valence-corrected chi connectivity index (χ0v) is 11.2. The molecule has 0 radical (unpaired) electrons. The SMILES string of the molecule is O=C(O)[C@H]1CC[C@@H](C(=O)N[C@H](CO)c2ccccc2)C1. The van der Waals surface area contributed by atoms with Gasteiger partial charge in [0.25, 0.3) is 0 Å². The van der Waals surface area contributed by atoms with E-state index in [1.165, 1.54) is 0 Å².